The number of hydrogen-bond acceptors (Lipinski definition) is 5. The van der Waals surface area contributed by atoms with Gasteiger partial charge < -0.3 is 16.0 Å². The summed E-state index contributed by atoms with van der Waals surface area (Å²) in [4.78, 5) is 48.2. The molecule has 0 radical (unpaired) electrons. The molecule has 0 fully saturated rings. The molecule has 3 amide bonds. The normalized spacial score (nSPS) is 10.5. The maximum Gasteiger partial charge on any atom is 0.267 e. The summed E-state index contributed by atoms with van der Waals surface area (Å²) in [5, 5.41) is 12.5. The SMILES string of the molecule is CCC(=O)Nc1ccc(C(=O)NCCNC(=O)Cn2nc(-c3cc(C)ccc3C)ccc2=O)cc1. The van der Waals surface area contributed by atoms with Crippen molar-refractivity contribution in [2.45, 2.75) is 33.7 Å². The fourth-order valence-corrected chi connectivity index (χ4v) is 3.34. The summed E-state index contributed by atoms with van der Waals surface area (Å²) in [6.45, 7) is 5.88. The average Bonchev–Trinajstić information content (AvgIpc) is 2.85. The Hall–Kier alpha value is -4.27. The highest BCUT2D eigenvalue weighted by Crippen LogP contribution is 2.21. The minimum absolute atomic E-state index is 0.104. The fraction of sp³-hybridized carbons (Fsp3) is 0.269. The van der Waals surface area contributed by atoms with Crippen LogP contribution in [0.1, 0.15) is 34.8 Å². The molecule has 0 unspecified atom stereocenters. The zero-order valence-electron chi connectivity index (χ0n) is 20.1. The maximum atomic E-state index is 12.3. The number of carbonyl (C=O) groups is 3. The molecule has 0 atom stereocenters. The van der Waals surface area contributed by atoms with Crippen LogP contribution >= 0.6 is 0 Å². The van der Waals surface area contributed by atoms with Crippen molar-refractivity contribution >= 4 is 23.4 Å². The van der Waals surface area contributed by atoms with Gasteiger partial charge in [0, 0.05) is 42.4 Å². The molecule has 0 bridgehead atoms. The first-order chi connectivity index (χ1) is 16.8. The van der Waals surface area contributed by atoms with E-state index in [2.05, 4.69) is 21.0 Å². The molecule has 0 spiro atoms. The molecule has 0 saturated carbocycles. The Morgan fingerprint density at radius 2 is 1.60 bits per heavy atom. The molecule has 1 aromatic heterocycles. The molecule has 0 aliphatic heterocycles. The Labute approximate surface area is 203 Å². The van der Waals surface area contributed by atoms with Crippen LogP contribution in [0.4, 0.5) is 5.69 Å². The maximum absolute atomic E-state index is 12.3. The minimum atomic E-state index is -0.386. The molecule has 0 aliphatic rings. The van der Waals surface area contributed by atoms with Crippen LogP contribution in [-0.2, 0) is 16.1 Å². The molecule has 3 N–H and O–H groups in total. The van der Waals surface area contributed by atoms with Crippen LogP contribution in [0.2, 0.25) is 0 Å². The van der Waals surface area contributed by atoms with Crippen molar-refractivity contribution in [2.75, 3.05) is 18.4 Å². The van der Waals surface area contributed by atoms with Crippen molar-refractivity contribution in [3.8, 4) is 11.3 Å². The molecular formula is C26H29N5O4. The van der Waals surface area contributed by atoms with Crippen LogP contribution in [-0.4, -0.2) is 40.6 Å². The van der Waals surface area contributed by atoms with E-state index in [1.54, 1.807) is 37.3 Å². The predicted molar refractivity (Wildman–Crippen MR) is 134 cm³/mol. The Kier molecular flexibility index (Phi) is 8.50. The molecule has 0 aliphatic carbocycles. The summed E-state index contributed by atoms with van der Waals surface area (Å²) < 4.78 is 1.13. The van der Waals surface area contributed by atoms with Gasteiger partial charge in [0.25, 0.3) is 11.5 Å². The number of nitrogens with zero attached hydrogens (tertiary/aromatic N) is 2. The van der Waals surface area contributed by atoms with Gasteiger partial charge >= 0.3 is 0 Å². The summed E-state index contributed by atoms with van der Waals surface area (Å²) in [5.74, 6) is -0.790. The Balaban J connectivity index is 1.50. The van der Waals surface area contributed by atoms with Crippen molar-refractivity contribution in [1.82, 2.24) is 20.4 Å². The molecule has 3 aromatic rings. The molecule has 1 heterocycles. The number of aryl methyl sites for hydroxylation is 2. The van der Waals surface area contributed by atoms with Gasteiger partial charge in [-0.3, -0.25) is 19.2 Å². The van der Waals surface area contributed by atoms with Crippen LogP contribution in [0.5, 0.6) is 0 Å². The van der Waals surface area contributed by atoms with Gasteiger partial charge in [-0.2, -0.15) is 5.10 Å². The van der Waals surface area contributed by atoms with E-state index >= 15 is 0 Å². The van der Waals surface area contributed by atoms with Gasteiger partial charge in [-0.05, 0) is 55.8 Å². The van der Waals surface area contributed by atoms with Crippen molar-refractivity contribution in [2.24, 2.45) is 0 Å². The fourth-order valence-electron chi connectivity index (χ4n) is 3.34. The molecule has 9 nitrogen and oxygen atoms in total. The van der Waals surface area contributed by atoms with Gasteiger partial charge in [-0.15, -0.1) is 0 Å². The van der Waals surface area contributed by atoms with E-state index in [9.17, 15) is 19.2 Å². The Bertz CT molecular complexity index is 1280. The number of aromatic nitrogens is 2. The summed E-state index contributed by atoms with van der Waals surface area (Å²) in [6, 6.07) is 15.6. The molecule has 3 rings (SSSR count). The third-order valence-electron chi connectivity index (χ3n) is 5.31. The highest BCUT2D eigenvalue weighted by molar-refractivity contribution is 5.95. The largest absolute Gasteiger partial charge is 0.353 e. The zero-order chi connectivity index (χ0) is 25.4. The van der Waals surface area contributed by atoms with Crippen molar-refractivity contribution in [3.05, 3.63) is 81.6 Å². The summed E-state index contributed by atoms with van der Waals surface area (Å²) >= 11 is 0. The van der Waals surface area contributed by atoms with E-state index in [1.165, 1.54) is 6.07 Å². The topological polar surface area (TPSA) is 122 Å². The third kappa shape index (κ3) is 7.10. The molecular weight excluding hydrogens is 446 g/mol. The lowest BCUT2D eigenvalue weighted by Crippen LogP contribution is -2.38. The van der Waals surface area contributed by atoms with Gasteiger partial charge in [-0.1, -0.05) is 24.6 Å². The third-order valence-corrected chi connectivity index (χ3v) is 5.31. The lowest BCUT2D eigenvalue weighted by atomic mass is 10.0. The predicted octanol–water partition coefficient (Wildman–Crippen LogP) is 2.42. The van der Waals surface area contributed by atoms with Gasteiger partial charge in [0.15, 0.2) is 0 Å². The highest BCUT2D eigenvalue weighted by atomic mass is 16.2. The molecule has 0 saturated heterocycles. The first-order valence-electron chi connectivity index (χ1n) is 11.4. The summed E-state index contributed by atoms with van der Waals surface area (Å²) in [6.07, 6.45) is 0.372. The Morgan fingerprint density at radius 1 is 0.886 bits per heavy atom. The van der Waals surface area contributed by atoms with Gasteiger partial charge in [-0.25, -0.2) is 4.68 Å². The first-order valence-corrected chi connectivity index (χ1v) is 11.4. The average molecular weight is 476 g/mol. The lowest BCUT2D eigenvalue weighted by molar-refractivity contribution is -0.122. The number of carbonyl (C=O) groups excluding carboxylic acids is 3. The molecule has 2 aromatic carbocycles. The van der Waals surface area contributed by atoms with Crippen LogP contribution in [0.15, 0.2) is 59.4 Å². The van der Waals surface area contributed by atoms with Crippen LogP contribution in [0.3, 0.4) is 0 Å². The van der Waals surface area contributed by atoms with Crippen molar-refractivity contribution < 1.29 is 14.4 Å². The molecule has 182 valence electrons. The van der Waals surface area contributed by atoms with Crippen LogP contribution in [0, 0.1) is 13.8 Å². The van der Waals surface area contributed by atoms with E-state index in [0.29, 0.717) is 23.4 Å². The quantitative estimate of drug-likeness (QED) is 0.410. The van der Waals surface area contributed by atoms with E-state index in [1.807, 2.05) is 32.0 Å². The minimum Gasteiger partial charge on any atom is -0.353 e. The number of hydrogen-bond donors (Lipinski definition) is 3. The Morgan fingerprint density at radius 3 is 2.31 bits per heavy atom. The summed E-state index contributed by atoms with van der Waals surface area (Å²) in [7, 11) is 0. The number of rotatable bonds is 9. The van der Waals surface area contributed by atoms with Crippen LogP contribution < -0.4 is 21.5 Å². The highest BCUT2D eigenvalue weighted by Gasteiger charge is 2.10. The van der Waals surface area contributed by atoms with Crippen LogP contribution in [0.25, 0.3) is 11.3 Å². The van der Waals surface area contributed by atoms with Crippen molar-refractivity contribution in [3.63, 3.8) is 0 Å². The van der Waals surface area contributed by atoms with E-state index in [4.69, 9.17) is 0 Å². The van der Waals surface area contributed by atoms with Gasteiger partial charge in [0.1, 0.15) is 6.54 Å². The molecule has 35 heavy (non-hydrogen) atoms. The second kappa shape index (κ2) is 11.7. The second-order valence-electron chi connectivity index (χ2n) is 8.12. The smallest absolute Gasteiger partial charge is 0.267 e. The molecule has 9 heteroatoms. The van der Waals surface area contributed by atoms with Gasteiger partial charge in [0.05, 0.1) is 5.69 Å². The van der Waals surface area contributed by atoms with E-state index in [0.717, 1.165) is 21.4 Å². The number of benzene rings is 2. The number of amides is 3. The summed E-state index contributed by atoms with van der Waals surface area (Å²) in [5.41, 5.74) is 4.30. The number of anilines is 1. The second-order valence-corrected chi connectivity index (χ2v) is 8.12. The monoisotopic (exact) mass is 475 g/mol. The standard InChI is InChI=1S/C26H29N5O4/c1-4-23(32)29-20-9-7-19(8-10-20)26(35)28-14-13-27-24(33)16-31-25(34)12-11-22(30-31)21-15-17(2)5-6-18(21)3/h5-12,15H,4,13-14,16H2,1-3H3,(H,27,33)(H,28,35)(H,29,32). The van der Waals surface area contributed by atoms with E-state index in [-0.39, 0.29) is 42.9 Å². The lowest BCUT2D eigenvalue weighted by Gasteiger charge is -2.11. The first kappa shape index (κ1) is 25.4. The van der Waals surface area contributed by atoms with E-state index < -0.39 is 0 Å². The zero-order valence-corrected chi connectivity index (χ0v) is 20.1. The van der Waals surface area contributed by atoms with Crippen molar-refractivity contribution in [1.29, 1.82) is 0 Å². The van der Waals surface area contributed by atoms with Gasteiger partial charge in [0.2, 0.25) is 11.8 Å². The number of nitrogens with one attached hydrogen (secondary N) is 3.